The topological polar surface area (TPSA) is 61.3 Å². The zero-order valence-corrected chi connectivity index (χ0v) is 12.2. The number of aromatic nitrogens is 1. The molecule has 0 bridgehead atoms. The van der Waals surface area contributed by atoms with E-state index in [0.29, 0.717) is 5.82 Å². The first kappa shape index (κ1) is 14.4. The number of hydrogen-bond acceptors (Lipinski definition) is 4. The summed E-state index contributed by atoms with van der Waals surface area (Å²) in [6.45, 7) is 2.20. The molecule has 20 heavy (non-hydrogen) atoms. The third-order valence-electron chi connectivity index (χ3n) is 3.42. The van der Waals surface area contributed by atoms with E-state index in [9.17, 15) is 0 Å². The van der Waals surface area contributed by atoms with Crippen LogP contribution in [0.25, 0.3) is 11.1 Å². The first-order valence-electron chi connectivity index (χ1n) is 7.15. The molecule has 2 N–H and O–H groups in total. The maximum absolute atomic E-state index is 5.97. The minimum absolute atomic E-state index is 0.431. The summed E-state index contributed by atoms with van der Waals surface area (Å²) in [6, 6.07) is 7.80. The van der Waals surface area contributed by atoms with Crippen molar-refractivity contribution in [2.45, 2.75) is 39.0 Å². The van der Waals surface area contributed by atoms with Crippen molar-refractivity contribution in [1.82, 2.24) is 5.16 Å². The molecule has 108 valence electrons. The number of nitrogens with two attached hydrogens (primary N) is 1. The summed E-state index contributed by atoms with van der Waals surface area (Å²) < 4.78 is 10.8. The van der Waals surface area contributed by atoms with Gasteiger partial charge in [-0.3, -0.25) is 0 Å². The average Bonchev–Trinajstić information content (AvgIpc) is 2.84. The molecule has 0 aliphatic rings. The molecule has 0 unspecified atom stereocenters. The number of hydrogen-bond donors (Lipinski definition) is 1. The number of nitrogen functional groups attached to an aromatic ring is 1. The molecule has 1 aromatic heterocycles. The number of anilines is 1. The Labute approximate surface area is 119 Å². The number of nitrogens with zero attached hydrogens (tertiary/aromatic N) is 1. The zero-order chi connectivity index (χ0) is 14.4. The third-order valence-corrected chi connectivity index (χ3v) is 3.42. The summed E-state index contributed by atoms with van der Waals surface area (Å²) >= 11 is 0. The molecule has 4 heteroatoms. The molecule has 1 aromatic carbocycles. The fourth-order valence-corrected chi connectivity index (χ4v) is 2.36. The molecule has 1 heterocycles. The molecule has 0 fully saturated rings. The lowest BCUT2D eigenvalue weighted by Gasteiger charge is -2.08. The summed E-state index contributed by atoms with van der Waals surface area (Å²) in [7, 11) is 1.66. The van der Waals surface area contributed by atoms with Crippen LogP contribution >= 0.6 is 0 Å². The largest absolute Gasteiger partial charge is 0.496 e. The van der Waals surface area contributed by atoms with E-state index in [-0.39, 0.29) is 0 Å². The van der Waals surface area contributed by atoms with Gasteiger partial charge in [-0.1, -0.05) is 49.5 Å². The lowest BCUT2D eigenvalue weighted by atomic mass is 10.0. The van der Waals surface area contributed by atoms with Crippen molar-refractivity contribution in [2.75, 3.05) is 12.8 Å². The highest BCUT2D eigenvalue weighted by Gasteiger charge is 2.18. The van der Waals surface area contributed by atoms with Crippen LogP contribution in [-0.4, -0.2) is 12.3 Å². The van der Waals surface area contributed by atoms with Crippen molar-refractivity contribution >= 4 is 5.82 Å². The third kappa shape index (κ3) is 3.13. The van der Waals surface area contributed by atoms with Crippen LogP contribution in [0.15, 0.2) is 28.8 Å². The van der Waals surface area contributed by atoms with Crippen molar-refractivity contribution in [3.05, 3.63) is 30.0 Å². The highest BCUT2D eigenvalue weighted by atomic mass is 16.5. The molecule has 0 saturated carbocycles. The minimum Gasteiger partial charge on any atom is -0.496 e. The molecule has 2 aromatic rings. The summed E-state index contributed by atoms with van der Waals surface area (Å²) in [6.07, 6.45) is 5.61. The number of aryl methyl sites for hydroxylation is 1. The first-order valence-corrected chi connectivity index (χ1v) is 7.15. The van der Waals surface area contributed by atoms with E-state index in [0.717, 1.165) is 35.5 Å². The van der Waals surface area contributed by atoms with Crippen molar-refractivity contribution in [1.29, 1.82) is 0 Å². The van der Waals surface area contributed by atoms with Crippen molar-refractivity contribution < 1.29 is 9.26 Å². The molecule has 0 spiro atoms. The van der Waals surface area contributed by atoms with Gasteiger partial charge < -0.3 is 15.0 Å². The van der Waals surface area contributed by atoms with Gasteiger partial charge in [-0.15, -0.1) is 0 Å². The van der Waals surface area contributed by atoms with E-state index >= 15 is 0 Å². The Morgan fingerprint density at radius 1 is 1.20 bits per heavy atom. The molecule has 0 atom stereocenters. The van der Waals surface area contributed by atoms with Gasteiger partial charge in [0.25, 0.3) is 0 Å². The minimum atomic E-state index is 0.431. The first-order chi connectivity index (χ1) is 9.77. The molecule has 0 aliphatic heterocycles. The number of para-hydroxylation sites is 1. The van der Waals surface area contributed by atoms with Crippen LogP contribution in [0.4, 0.5) is 5.82 Å². The Morgan fingerprint density at radius 3 is 2.75 bits per heavy atom. The second kappa shape index (κ2) is 6.98. The summed E-state index contributed by atoms with van der Waals surface area (Å²) in [4.78, 5) is 0. The summed E-state index contributed by atoms with van der Waals surface area (Å²) in [5.41, 5.74) is 7.78. The van der Waals surface area contributed by atoms with Gasteiger partial charge >= 0.3 is 0 Å². The van der Waals surface area contributed by atoms with Crippen molar-refractivity contribution in [3.63, 3.8) is 0 Å². The van der Waals surface area contributed by atoms with Crippen LogP contribution in [0.3, 0.4) is 0 Å². The number of unbranched alkanes of at least 4 members (excludes halogenated alkanes) is 3. The van der Waals surface area contributed by atoms with Gasteiger partial charge in [0.2, 0.25) is 0 Å². The number of benzene rings is 1. The maximum Gasteiger partial charge on any atom is 0.175 e. The van der Waals surface area contributed by atoms with Crippen LogP contribution < -0.4 is 10.5 Å². The van der Waals surface area contributed by atoms with Gasteiger partial charge in [-0.2, -0.15) is 0 Å². The maximum atomic E-state index is 5.97. The normalized spacial score (nSPS) is 10.7. The van der Waals surface area contributed by atoms with Crippen LogP contribution in [0.2, 0.25) is 0 Å². The quantitative estimate of drug-likeness (QED) is 0.773. The SMILES string of the molecule is CCCCCCc1onc(N)c1-c1ccccc1OC. The number of methoxy groups -OCH3 is 1. The summed E-state index contributed by atoms with van der Waals surface area (Å²) in [5, 5.41) is 3.91. The Bertz CT molecular complexity index is 549. The smallest absolute Gasteiger partial charge is 0.175 e. The standard InChI is InChI=1S/C16H22N2O2/c1-3-4-5-6-11-14-15(16(17)18-20-14)12-9-7-8-10-13(12)19-2/h7-10H,3-6,11H2,1-2H3,(H2,17,18). The lowest BCUT2D eigenvalue weighted by molar-refractivity contribution is 0.381. The number of ether oxygens (including phenoxy) is 1. The Balaban J connectivity index is 2.24. The molecule has 0 radical (unpaired) electrons. The molecular formula is C16H22N2O2. The molecule has 0 amide bonds. The van der Waals surface area contributed by atoms with E-state index in [1.807, 2.05) is 24.3 Å². The fraction of sp³-hybridized carbons (Fsp3) is 0.438. The lowest BCUT2D eigenvalue weighted by Crippen LogP contribution is -1.94. The highest BCUT2D eigenvalue weighted by molar-refractivity contribution is 5.79. The molecule has 0 saturated heterocycles. The van der Waals surface area contributed by atoms with Gasteiger partial charge in [0.15, 0.2) is 5.82 Å². The Morgan fingerprint density at radius 2 is 2.00 bits per heavy atom. The van der Waals surface area contributed by atoms with Crippen molar-refractivity contribution in [3.8, 4) is 16.9 Å². The summed E-state index contributed by atoms with van der Waals surface area (Å²) in [5.74, 6) is 2.07. The van der Waals surface area contributed by atoms with Crippen molar-refractivity contribution in [2.24, 2.45) is 0 Å². The van der Waals surface area contributed by atoms with Crippen LogP contribution in [0.1, 0.15) is 38.4 Å². The zero-order valence-electron chi connectivity index (χ0n) is 12.2. The fourth-order valence-electron chi connectivity index (χ4n) is 2.36. The molecular weight excluding hydrogens is 252 g/mol. The van der Waals surface area contributed by atoms with Crippen LogP contribution in [0, 0.1) is 0 Å². The average molecular weight is 274 g/mol. The Hall–Kier alpha value is -1.97. The van der Waals surface area contributed by atoms with Gasteiger partial charge in [0, 0.05) is 12.0 Å². The van der Waals surface area contributed by atoms with Gasteiger partial charge in [0.05, 0.1) is 12.7 Å². The molecule has 2 rings (SSSR count). The van der Waals surface area contributed by atoms with E-state index in [2.05, 4.69) is 12.1 Å². The Kier molecular flexibility index (Phi) is 5.04. The van der Waals surface area contributed by atoms with Gasteiger partial charge in [-0.25, -0.2) is 0 Å². The second-order valence-corrected chi connectivity index (χ2v) is 4.88. The molecule has 4 nitrogen and oxygen atoms in total. The van der Waals surface area contributed by atoms with Crippen LogP contribution in [0.5, 0.6) is 5.75 Å². The van der Waals surface area contributed by atoms with Crippen LogP contribution in [-0.2, 0) is 6.42 Å². The van der Waals surface area contributed by atoms with E-state index in [4.69, 9.17) is 15.0 Å². The van der Waals surface area contributed by atoms with E-state index < -0.39 is 0 Å². The molecule has 0 aliphatic carbocycles. The second-order valence-electron chi connectivity index (χ2n) is 4.88. The van der Waals surface area contributed by atoms with E-state index in [1.165, 1.54) is 19.3 Å². The van der Waals surface area contributed by atoms with E-state index in [1.54, 1.807) is 7.11 Å². The predicted molar refractivity (Wildman–Crippen MR) is 80.7 cm³/mol. The van der Waals surface area contributed by atoms with Gasteiger partial charge in [0.1, 0.15) is 11.5 Å². The number of rotatable bonds is 7. The predicted octanol–water partition coefficient (Wildman–Crippen LogP) is 4.06. The monoisotopic (exact) mass is 274 g/mol. The van der Waals surface area contributed by atoms with Gasteiger partial charge in [-0.05, 0) is 12.5 Å². The highest BCUT2D eigenvalue weighted by Crippen LogP contribution is 2.36.